The Morgan fingerprint density at radius 1 is 1.20 bits per heavy atom. The fourth-order valence-corrected chi connectivity index (χ4v) is 1.55. The van der Waals surface area contributed by atoms with Crippen LogP contribution in [0.2, 0.25) is 0 Å². The van der Waals surface area contributed by atoms with Gasteiger partial charge in [0, 0.05) is 6.20 Å². The van der Waals surface area contributed by atoms with Gasteiger partial charge in [-0.15, -0.1) is 0 Å². The van der Waals surface area contributed by atoms with Crippen LogP contribution in [0.4, 0.5) is 0 Å². The Morgan fingerprint density at radius 3 is 2.50 bits per heavy atom. The van der Waals surface area contributed by atoms with Gasteiger partial charge in [0.05, 0.1) is 5.56 Å². The minimum Gasteiger partial charge on any atom is -0.476 e. The van der Waals surface area contributed by atoms with E-state index in [2.05, 4.69) is 11.6 Å². The third-order valence-electron chi connectivity index (χ3n) is 2.56. The monoisotopic (exact) mass is 269 g/mol. The number of carboxylic acids is 1. The number of hydrogen-bond acceptors (Lipinski definition) is 4. The maximum absolute atomic E-state index is 11.9. The van der Waals surface area contributed by atoms with Gasteiger partial charge in [0.15, 0.2) is 11.4 Å². The number of esters is 1. The number of ether oxygens (including phenoxy) is 1. The summed E-state index contributed by atoms with van der Waals surface area (Å²) in [6.45, 7) is 3.61. The third-order valence-corrected chi connectivity index (χ3v) is 2.56. The molecule has 0 spiro atoms. The van der Waals surface area contributed by atoms with Gasteiger partial charge in [0.2, 0.25) is 0 Å². The van der Waals surface area contributed by atoms with E-state index in [9.17, 15) is 9.59 Å². The molecule has 0 saturated carbocycles. The first kappa shape index (κ1) is 13.5. The normalized spacial score (nSPS) is 9.80. The first-order chi connectivity index (χ1) is 9.61. The Bertz CT molecular complexity index is 662. The van der Waals surface area contributed by atoms with E-state index in [0.717, 1.165) is 5.56 Å². The molecule has 0 saturated heterocycles. The van der Waals surface area contributed by atoms with Gasteiger partial charge in [-0.1, -0.05) is 24.8 Å². The molecular weight excluding hydrogens is 258 g/mol. The molecule has 1 aromatic carbocycles. The number of nitrogens with zero attached hydrogens (tertiary/aromatic N) is 1. The highest BCUT2D eigenvalue weighted by Gasteiger charge is 2.16. The predicted octanol–water partition coefficient (Wildman–Crippen LogP) is 2.64. The molecule has 2 rings (SSSR count). The number of hydrogen-bond donors (Lipinski definition) is 1. The molecule has 0 unspecified atom stereocenters. The SMILES string of the molecule is C=Cc1ccc(C(=O)Oc2cccnc2C(=O)O)cc1. The van der Waals surface area contributed by atoms with Crippen LogP contribution in [0, 0.1) is 0 Å². The quantitative estimate of drug-likeness (QED) is 0.863. The van der Waals surface area contributed by atoms with Crippen LogP contribution in [-0.2, 0) is 0 Å². The molecule has 100 valence electrons. The van der Waals surface area contributed by atoms with Gasteiger partial charge < -0.3 is 9.84 Å². The number of rotatable bonds is 4. The summed E-state index contributed by atoms with van der Waals surface area (Å²) in [7, 11) is 0. The molecule has 0 bridgehead atoms. The van der Waals surface area contributed by atoms with Crippen molar-refractivity contribution in [3.05, 3.63) is 66.0 Å². The van der Waals surface area contributed by atoms with E-state index in [1.54, 1.807) is 30.3 Å². The molecule has 5 nitrogen and oxygen atoms in total. The summed E-state index contributed by atoms with van der Waals surface area (Å²) < 4.78 is 5.06. The van der Waals surface area contributed by atoms with Crippen molar-refractivity contribution in [2.24, 2.45) is 0 Å². The van der Waals surface area contributed by atoms with E-state index >= 15 is 0 Å². The summed E-state index contributed by atoms with van der Waals surface area (Å²) in [6.07, 6.45) is 2.97. The molecule has 0 atom stereocenters. The zero-order valence-corrected chi connectivity index (χ0v) is 10.4. The van der Waals surface area contributed by atoms with Crippen molar-refractivity contribution in [3.8, 4) is 5.75 Å². The maximum Gasteiger partial charge on any atom is 0.358 e. The highest BCUT2D eigenvalue weighted by atomic mass is 16.5. The maximum atomic E-state index is 11.9. The second kappa shape index (κ2) is 5.79. The smallest absolute Gasteiger partial charge is 0.358 e. The highest BCUT2D eigenvalue weighted by Crippen LogP contribution is 2.17. The Labute approximate surface area is 115 Å². The second-order valence-corrected chi connectivity index (χ2v) is 3.87. The molecule has 0 aliphatic carbocycles. The van der Waals surface area contributed by atoms with Crippen molar-refractivity contribution in [2.75, 3.05) is 0 Å². The summed E-state index contributed by atoms with van der Waals surface area (Å²) in [4.78, 5) is 26.5. The molecule has 2 aromatic rings. The van der Waals surface area contributed by atoms with Gasteiger partial charge in [0.1, 0.15) is 0 Å². The fourth-order valence-electron chi connectivity index (χ4n) is 1.55. The van der Waals surface area contributed by atoms with E-state index in [1.165, 1.54) is 18.3 Å². The van der Waals surface area contributed by atoms with Gasteiger partial charge in [-0.3, -0.25) is 0 Å². The minimum atomic E-state index is -1.25. The number of carbonyl (C=O) groups is 2. The predicted molar refractivity (Wildman–Crippen MR) is 72.7 cm³/mol. The first-order valence-electron chi connectivity index (χ1n) is 5.75. The topological polar surface area (TPSA) is 76.5 Å². The molecule has 0 amide bonds. The van der Waals surface area contributed by atoms with Crippen LogP contribution in [0.25, 0.3) is 6.08 Å². The van der Waals surface area contributed by atoms with Crippen molar-refractivity contribution in [1.82, 2.24) is 4.98 Å². The lowest BCUT2D eigenvalue weighted by atomic mass is 10.1. The highest BCUT2D eigenvalue weighted by molar-refractivity contribution is 5.94. The Balaban J connectivity index is 2.23. The van der Waals surface area contributed by atoms with Crippen LogP contribution in [0.1, 0.15) is 26.4 Å². The van der Waals surface area contributed by atoms with Crippen molar-refractivity contribution >= 4 is 18.0 Å². The fraction of sp³-hybridized carbons (Fsp3) is 0. The number of aromatic carboxylic acids is 1. The molecule has 1 N–H and O–H groups in total. The van der Waals surface area contributed by atoms with Gasteiger partial charge >= 0.3 is 11.9 Å². The van der Waals surface area contributed by atoms with Crippen molar-refractivity contribution in [1.29, 1.82) is 0 Å². The molecule has 0 fully saturated rings. The Hall–Kier alpha value is -2.95. The summed E-state index contributed by atoms with van der Waals surface area (Å²) in [5.41, 5.74) is 0.883. The molecule has 0 radical (unpaired) electrons. The number of aromatic nitrogens is 1. The van der Waals surface area contributed by atoms with E-state index in [1.807, 2.05) is 0 Å². The van der Waals surface area contributed by atoms with E-state index in [0.29, 0.717) is 5.56 Å². The zero-order valence-electron chi connectivity index (χ0n) is 10.4. The number of pyridine rings is 1. The summed E-state index contributed by atoms with van der Waals surface area (Å²) >= 11 is 0. The standard InChI is InChI=1S/C15H11NO4/c1-2-10-5-7-11(8-6-10)15(19)20-12-4-3-9-16-13(12)14(17)18/h2-9H,1H2,(H,17,18). The molecule has 0 aliphatic heterocycles. The van der Waals surface area contributed by atoms with Crippen LogP contribution in [0.3, 0.4) is 0 Å². The number of carboxylic acid groups (broad SMARTS) is 1. The molecule has 20 heavy (non-hydrogen) atoms. The lowest BCUT2D eigenvalue weighted by Gasteiger charge is -2.06. The lowest BCUT2D eigenvalue weighted by molar-refractivity contribution is 0.0674. The average Bonchev–Trinajstić information content (AvgIpc) is 2.47. The van der Waals surface area contributed by atoms with Gasteiger partial charge in [-0.05, 0) is 29.8 Å². The first-order valence-corrected chi connectivity index (χ1v) is 5.75. The van der Waals surface area contributed by atoms with Gasteiger partial charge in [0.25, 0.3) is 0 Å². The molecule has 1 heterocycles. The minimum absolute atomic E-state index is 0.0854. The van der Waals surface area contributed by atoms with E-state index in [4.69, 9.17) is 9.84 Å². The molecular formula is C15H11NO4. The number of carbonyl (C=O) groups excluding carboxylic acids is 1. The average molecular weight is 269 g/mol. The summed E-state index contributed by atoms with van der Waals surface area (Å²) in [6, 6.07) is 9.46. The van der Waals surface area contributed by atoms with Crippen LogP contribution >= 0.6 is 0 Å². The Kier molecular flexibility index (Phi) is 3.91. The van der Waals surface area contributed by atoms with Gasteiger partial charge in [-0.2, -0.15) is 0 Å². The van der Waals surface area contributed by atoms with Crippen molar-refractivity contribution in [3.63, 3.8) is 0 Å². The van der Waals surface area contributed by atoms with Gasteiger partial charge in [-0.25, -0.2) is 14.6 Å². The summed E-state index contributed by atoms with van der Waals surface area (Å²) in [5, 5.41) is 8.95. The van der Waals surface area contributed by atoms with Crippen LogP contribution in [0.5, 0.6) is 5.75 Å². The van der Waals surface area contributed by atoms with Crippen LogP contribution < -0.4 is 4.74 Å². The second-order valence-electron chi connectivity index (χ2n) is 3.87. The van der Waals surface area contributed by atoms with Crippen LogP contribution in [-0.4, -0.2) is 22.0 Å². The molecule has 5 heteroatoms. The molecule has 0 aliphatic rings. The van der Waals surface area contributed by atoms with E-state index < -0.39 is 11.9 Å². The largest absolute Gasteiger partial charge is 0.476 e. The number of benzene rings is 1. The Morgan fingerprint density at radius 2 is 1.90 bits per heavy atom. The van der Waals surface area contributed by atoms with E-state index in [-0.39, 0.29) is 11.4 Å². The lowest BCUT2D eigenvalue weighted by Crippen LogP contribution is -2.12. The molecule has 1 aromatic heterocycles. The summed E-state index contributed by atoms with van der Waals surface area (Å²) in [5.74, 6) is -1.98. The van der Waals surface area contributed by atoms with Crippen molar-refractivity contribution < 1.29 is 19.4 Å². The third kappa shape index (κ3) is 2.89. The zero-order chi connectivity index (χ0) is 14.5. The van der Waals surface area contributed by atoms with Crippen LogP contribution in [0.15, 0.2) is 49.2 Å². The van der Waals surface area contributed by atoms with Crippen molar-refractivity contribution in [2.45, 2.75) is 0 Å².